The van der Waals surface area contributed by atoms with Crippen molar-refractivity contribution in [3.8, 4) is 11.1 Å². The zero-order valence-electron chi connectivity index (χ0n) is 18.3. The van der Waals surface area contributed by atoms with E-state index in [0.29, 0.717) is 29.2 Å². The number of carbonyl (C=O) groups excluding carboxylic acids is 2. The highest BCUT2D eigenvalue weighted by molar-refractivity contribution is 6.31. The zero-order chi connectivity index (χ0) is 23.5. The number of carbonyl (C=O) groups is 2. The third kappa shape index (κ3) is 4.30. The van der Waals surface area contributed by atoms with Crippen LogP contribution in [0.15, 0.2) is 97.3 Å². The van der Waals surface area contributed by atoms with Crippen molar-refractivity contribution < 1.29 is 9.59 Å². The minimum Gasteiger partial charge on any atom is -0.350 e. The van der Waals surface area contributed by atoms with Gasteiger partial charge in [0.25, 0.3) is 5.91 Å². The predicted octanol–water partition coefficient (Wildman–Crippen LogP) is 5.42. The summed E-state index contributed by atoms with van der Waals surface area (Å²) in [6.45, 7) is 0.614. The van der Waals surface area contributed by atoms with E-state index >= 15 is 0 Å². The number of nitrogens with one attached hydrogen (secondary N) is 1. The average Bonchev–Trinajstić information content (AvgIpc) is 3.14. The van der Waals surface area contributed by atoms with E-state index in [0.717, 1.165) is 22.3 Å². The molecule has 4 aromatic rings. The molecule has 0 fully saturated rings. The van der Waals surface area contributed by atoms with E-state index in [1.165, 1.54) is 0 Å². The number of aromatic nitrogens is 1. The lowest BCUT2D eigenvalue weighted by Crippen LogP contribution is -2.38. The molecule has 168 valence electrons. The Morgan fingerprint density at radius 1 is 0.941 bits per heavy atom. The van der Waals surface area contributed by atoms with Crippen molar-refractivity contribution in [1.29, 1.82) is 0 Å². The fourth-order valence-corrected chi connectivity index (χ4v) is 4.55. The molecule has 0 bridgehead atoms. The van der Waals surface area contributed by atoms with Crippen LogP contribution in [0, 0.1) is 0 Å². The molecule has 3 aromatic carbocycles. The number of benzene rings is 3. The number of rotatable bonds is 6. The summed E-state index contributed by atoms with van der Waals surface area (Å²) in [5.74, 6) is -0.438. The van der Waals surface area contributed by atoms with Crippen LogP contribution in [-0.4, -0.2) is 21.7 Å². The number of nitrogens with zero attached hydrogens (tertiary/aromatic N) is 2. The summed E-state index contributed by atoms with van der Waals surface area (Å²) in [7, 11) is 0. The Kier molecular flexibility index (Phi) is 6.11. The van der Waals surface area contributed by atoms with Crippen LogP contribution < -0.4 is 5.32 Å². The molecule has 2 heterocycles. The Bertz CT molecular complexity index is 1340. The van der Waals surface area contributed by atoms with Gasteiger partial charge in [0.1, 0.15) is 6.04 Å². The largest absolute Gasteiger partial charge is 0.350 e. The summed E-state index contributed by atoms with van der Waals surface area (Å²) in [6.07, 6.45) is 3.39. The van der Waals surface area contributed by atoms with Crippen molar-refractivity contribution in [2.75, 3.05) is 0 Å². The molecule has 0 saturated heterocycles. The van der Waals surface area contributed by atoms with Gasteiger partial charge in [0, 0.05) is 36.1 Å². The molecule has 34 heavy (non-hydrogen) atoms. The van der Waals surface area contributed by atoms with Crippen molar-refractivity contribution in [1.82, 2.24) is 15.2 Å². The van der Waals surface area contributed by atoms with E-state index in [1.54, 1.807) is 35.5 Å². The molecule has 0 radical (unpaired) electrons. The quantitative estimate of drug-likeness (QED) is 0.412. The molecule has 1 N–H and O–H groups in total. The first-order chi connectivity index (χ1) is 16.6. The van der Waals surface area contributed by atoms with Gasteiger partial charge in [-0.05, 0) is 52.1 Å². The molecule has 1 atom stereocenters. The van der Waals surface area contributed by atoms with Gasteiger partial charge in [-0.25, -0.2) is 0 Å². The lowest BCUT2D eigenvalue weighted by atomic mass is 9.99. The second-order valence-corrected chi connectivity index (χ2v) is 8.61. The second-order valence-electron chi connectivity index (χ2n) is 8.17. The van der Waals surface area contributed by atoms with Crippen molar-refractivity contribution in [2.45, 2.75) is 19.1 Å². The monoisotopic (exact) mass is 467 g/mol. The molecule has 0 spiro atoms. The smallest absolute Gasteiger partial charge is 0.255 e. The molecular weight excluding hydrogens is 446 g/mol. The highest BCUT2D eigenvalue weighted by Gasteiger charge is 2.41. The maximum Gasteiger partial charge on any atom is 0.255 e. The first-order valence-electron chi connectivity index (χ1n) is 11.0. The first kappa shape index (κ1) is 21.9. The van der Waals surface area contributed by atoms with E-state index in [9.17, 15) is 9.59 Å². The molecule has 5 nitrogen and oxygen atoms in total. The lowest BCUT2D eigenvalue weighted by molar-refractivity contribution is -0.125. The molecule has 1 aliphatic rings. The number of halogens is 1. The second kappa shape index (κ2) is 9.49. The fourth-order valence-electron chi connectivity index (χ4n) is 4.37. The molecular formula is C28H22ClN3O2. The number of hydrogen-bond acceptors (Lipinski definition) is 3. The molecule has 6 heteroatoms. The molecule has 1 unspecified atom stereocenters. The van der Waals surface area contributed by atoms with Crippen molar-refractivity contribution >= 4 is 23.4 Å². The van der Waals surface area contributed by atoms with Gasteiger partial charge in [0.05, 0.1) is 0 Å². The molecule has 1 aliphatic heterocycles. The Labute approximate surface area is 203 Å². The standard InChI is InChI=1S/C28H22ClN3O2/c29-22-12-13-24-25(15-22)26(27(33)31-17-19-7-6-14-30-16-19)32(28(24)34)18-21-10-4-5-11-23(21)20-8-2-1-3-9-20/h1-16,26H,17-18H2,(H,31,33). The summed E-state index contributed by atoms with van der Waals surface area (Å²) in [5, 5.41) is 3.46. The third-order valence-electron chi connectivity index (χ3n) is 5.99. The Hall–Kier alpha value is -3.96. The van der Waals surface area contributed by atoms with Gasteiger partial charge in [-0.15, -0.1) is 0 Å². The summed E-state index contributed by atoms with van der Waals surface area (Å²) in [4.78, 5) is 32.6. The van der Waals surface area contributed by atoms with Crippen LogP contribution in [0.3, 0.4) is 0 Å². The Balaban J connectivity index is 1.48. The summed E-state index contributed by atoms with van der Waals surface area (Å²) < 4.78 is 0. The highest BCUT2D eigenvalue weighted by Crippen LogP contribution is 2.38. The first-order valence-corrected chi connectivity index (χ1v) is 11.4. The molecule has 1 aromatic heterocycles. The Morgan fingerprint density at radius 3 is 2.53 bits per heavy atom. The van der Waals surface area contributed by atoms with Crippen LogP contribution in [0.25, 0.3) is 11.1 Å². The normalized spacial score (nSPS) is 14.7. The molecule has 2 amide bonds. The zero-order valence-corrected chi connectivity index (χ0v) is 19.1. The van der Waals surface area contributed by atoms with Crippen LogP contribution in [0.1, 0.15) is 33.1 Å². The maximum atomic E-state index is 13.4. The minimum absolute atomic E-state index is 0.184. The van der Waals surface area contributed by atoms with Gasteiger partial charge < -0.3 is 10.2 Å². The van der Waals surface area contributed by atoms with Crippen LogP contribution in [0.2, 0.25) is 5.02 Å². The maximum absolute atomic E-state index is 13.4. The molecule has 5 rings (SSSR count). The van der Waals surface area contributed by atoms with Crippen LogP contribution in [0.4, 0.5) is 0 Å². The molecule has 0 aliphatic carbocycles. The van der Waals surface area contributed by atoms with Crippen LogP contribution >= 0.6 is 11.6 Å². The number of pyridine rings is 1. The fraction of sp³-hybridized carbons (Fsp3) is 0.107. The van der Waals surface area contributed by atoms with Crippen LogP contribution in [-0.2, 0) is 17.9 Å². The van der Waals surface area contributed by atoms with Crippen molar-refractivity contribution in [2.24, 2.45) is 0 Å². The number of amides is 2. The molecule has 0 saturated carbocycles. The van der Waals surface area contributed by atoms with Crippen LogP contribution in [0.5, 0.6) is 0 Å². The highest BCUT2D eigenvalue weighted by atomic mass is 35.5. The number of fused-ring (bicyclic) bond motifs is 1. The van der Waals surface area contributed by atoms with Gasteiger partial charge in [-0.1, -0.05) is 72.3 Å². The van der Waals surface area contributed by atoms with Gasteiger partial charge in [0.15, 0.2) is 0 Å². The minimum atomic E-state index is -0.776. The summed E-state index contributed by atoms with van der Waals surface area (Å²) in [5.41, 5.74) is 5.06. The Morgan fingerprint density at radius 2 is 1.74 bits per heavy atom. The average molecular weight is 468 g/mol. The van der Waals surface area contributed by atoms with Gasteiger partial charge in [-0.2, -0.15) is 0 Å². The van der Waals surface area contributed by atoms with Crippen molar-refractivity contribution in [3.63, 3.8) is 0 Å². The van der Waals surface area contributed by atoms with E-state index in [1.807, 2.05) is 66.7 Å². The number of hydrogen-bond donors (Lipinski definition) is 1. The van der Waals surface area contributed by atoms with Gasteiger partial charge >= 0.3 is 0 Å². The lowest BCUT2D eigenvalue weighted by Gasteiger charge is -2.26. The van der Waals surface area contributed by atoms with E-state index in [4.69, 9.17) is 11.6 Å². The van der Waals surface area contributed by atoms with Crippen molar-refractivity contribution in [3.05, 3.63) is 125 Å². The summed E-state index contributed by atoms with van der Waals surface area (Å²) in [6, 6.07) is 26.0. The van der Waals surface area contributed by atoms with Gasteiger partial charge in [-0.3, -0.25) is 14.6 Å². The van der Waals surface area contributed by atoms with Gasteiger partial charge in [0.2, 0.25) is 5.91 Å². The predicted molar refractivity (Wildman–Crippen MR) is 132 cm³/mol. The summed E-state index contributed by atoms with van der Waals surface area (Å²) >= 11 is 6.26. The SMILES string of the molecule is O=C(NCc1cccnc1)C1c2cc(Cl)ccc2C(=O)N1Cc1ccccc1-c1ccccc1. The van der Waals surface area contributed by atoms with E-state index in [-0.39, 0.29) is 11.8 Å². The van der Waals surface area contributed by atoms with E-state index < -0.39 is 6.04 Å². The van der Waals surface area contributed by atoms with E-state index in [2.05, 4.69) is 10.3 Å². The topological polar surface area (TPSA) is 62.3 Å². The third-order valence-corrected chi connectivity index (χ3v) is 6.23.